The minimum Gasteiger partial charge on any atom is -0.348 e. The van der Waals surface area contributed by atoms with E-state index in [1.54, 1.807) is 18.4 Å². The third-order valence-corrected chi connectivity index (χ3v) is 3.12. The molecule has 1 atom stereocenters. The smallest absolute Gasteiger partial charge is 0.205 e. The highest BCUT2D eigenvalue weighted by Gasteiger charge is 2.12. The van der Waals surface area contributed by atoms with Crippen LogP contribution in [0.15, 0.2) is 22.5 Å². The molecule has 0 amide bonds. The topological polar surface area (TPSA) is 62.4 Å². The molecule has 0 radical (unpaired) electrons. The molecule has 0 spiro atoms. The van der Waals surface area contributed by atoms with Crippen LogP contribution in [0.25, 0.3) is 0 Å². The fourth-order valence-electron chi connectivity index (χ4n) is 1.40. The molecule has 0 aromatic carbocycles. The van der Waals surface area contributed by atoms with Gasteiger partial charge in [0.25, 0.3) is 0 Å². The maximum Gasteiger partial charge on any atom is 0.205 e. The van der Waals surface area contributed by atoms with E-state index in [1.165, 1.54) is 4.88 Å². The van der Waals surface area contributed by atoms with Gasteiger partial charge in [0.1, 0.15) is 0 Å². The fraction of sp³-hybridized carbons (Fsp3) is 0.500. The van der Waals surface area contributed by atoms with Crippen molar-refractivity contribution in [2.45, 2.75) is 25.8 Å². The van der Waals surface area contributed by atoms with Crippen LogP contribution in [0.3, 0.4) is 0 Å². The zero-order chi connectivity index (χ0) is 11.1. The van der Waals surface area contributed by atoms with Gasteiger partial charge in [0.15, 0.2) is 0 Å². The Labute approximate surface area is 94.6 Å². The van der Waals surface area contributed by atoms with Crippen LogP contribution < -0.4 is 16.6 Å². The average molecular weight is 226 g/mol. The summed E-state index contributed by atoms with van der Waals surface area (Å²) in [6, 6.07) is 4.48. The molecule has 4 N–H and O–H groups in total. The summed E-state index contributed by atoms with van der Waals surface area (Å²) >= 11 is 1.75. The molecule has 0 bridgehead atoms. The molecular formula is C10H18N4S. The number of hydrogen-bond acceptors (Lipinski definition) is 3. The predicted octanol–water partition coefficient (Wildman–Crippen LogP) is 1.63. The molecule has 0 aliphatic heterocycles. The van der Waals surface area contributed by atoms with E-state index in [9.17, 15) is 0 Å². The summed E-state index contributed by atoms with van der Waals surface area (Å²) in [7, 11) is 1.71. The van der Waals surface area contributed by atoms with Gasteiger partial charge >= 0.3 is 0 Å². The van der Waals surface area contributed by atoms with E-state index in [2.05, 4.69) is 40.2 Å². The van der Waals surface area contributed by atoms with Crippen LogP contribution in [-0.4, -0.2) is 13.0 Å². The van der Waals surface area contributed by atoms with Crippen LogP contribution in [-0.2, 0) is 0 Å². The van der Waals surface area contributed by atoms with E-state index < -0.39 is 0 Å². The summed E-state index contributed by atoms with van der Waals surface area (Å²) in [6.07, 6.45) is 2.19. The second kappa shape index (κ2) is 6.42. The van der Waals surface area contributed by atoms with Gasteiger partial charge in [-0.15, -0.1) is 11.3 Å². The number of aliphatic imine (C=N–C) groups is 1. The zero-order valence-corrected chi connectivity index (χ0v) is 9.97. The van der Waals surface area contributed by atoms with Crippen molar-refractivity contribution < 1.29 is 0 Å². The first-order valence-corrected chi connectivity index (χ1v) is 5.93. The highest BCUT2D eigenvalue weighted by atomic mass is 32.1. The number of nitrogens with zero attached hydrogens (tertiary/aromatic N) is 1. The molecule has 84 valence electrons. The van der Waals surface area contributed by atoms with Crippen molar-refractivity contribution in [3.05, 3.63) is 22.4 Å². The SMILES string of the molecule is CCCC(NC(=NC)NN)c1cccs1. The predicted molar refractivity (Wildman–Crippen MR) is 65.8 cm³/mol. The van der Waals surface area contributed by atoms with Gasteiger partial charge in [0.2, 0.25) is 5.96 Å². The number of hydrazine groups is 1. The van der Waals surface area contributed by atoms with Gasteiger partial charge in [-0.2, -0.15) is 0 Å². The maximum absolute atomic E-state index is 5.34. The van der Waals surface area contributed by atoms with Crippen molar-refractivity contribution in [3.63, 3.8) is 0 Å². The third kappa shape index (κ3) is 3.53. The highest BCUT2D eigenvalue weighted by molar-refractivity contribution is 7.10. The van der Waals surface area contributed by atoms with Crippen molar-refractivity contribution in [2.24, 2.45) is 10.8 Å². The maximum atomic E-state index is 5.34. The van der Waals surface area contributed by atoms with Crippen LogP contribution >= 0.6 is 11.3 Å². The van der Waals surface area contributed by atoms with Crippen molar-refractivity contribution in [2.75, 3.05) is 7.05 Å². The van der Waals surface area contributed by atoms with Crippen LogP contribution in [0.2, 0.25) is 0 Å². The molecule has 0 aliphatic rings. The van der Waals surface area contributed by atoms with Gasteiger partial charge in [-0.3, -0.25) is 10.4 Å². The standard InChI is InChI=1S/C10H18N4S/c1-3-5-8(9-6-4-7-15-9)13-10(12-2)14-11/h4,6-8H,3,5,11H2,1-2H3,(H2,12,13,14). The van der Waals surface area contributed by atoms with Gasteiger partial charge in [-0.05, 0) is 17.9 Å². The Balaban J connectivity index is 2.67. The minimum absolute atomic E-state index is 0.296. The second-order valence-corrected chi connectivity index (χ2v) is 4.20. The third-order valence-electron chi connectivity index (χ3n) is 2.14. The monoisotopic (exact) mass is 226 g/mol. The molecule has 1 rings (SSSR count). The van der Waals surface area contributed by atoms with Crippen LogP contribution in [0, 0.1) is 0 Å². The Morgan fingerprint density at radius 3 is 2.93 bits per heavy atom. The van der Waals surface area contributed by atoms with E-state index in [-0.39, 0.29) is 0 Å². The Kier molecular flexibility index (Phi) is 5.14. The van der Waals surface area contributed by atoms with Gasteiger partial charge in [-0.25, -0.2) is 5.84 Å². The summed E-state index contributed by atoms with van der Waals surface area (Å²) in [5, 5.41) is 5.36. The van der Waals surface area contributed by atoms with Gasteiger partial charge < -0.3 is 5.32 Å². The van der Waals surface area contributed by atoms with Gasteiger partial charge in [-0.1, -0.05) is 19.4 Å². The molecule has 1 heterocycles. The fourth-order valence-corrected chi connectivity index (χ4v) is 2.21. The largest absolute Gasteiger partial charge is 0.348 e. The quantitative estimate of drug-likeness (QED) is 0.316. The minimum atomic E-state index is 0.296. The summed E-state index contributed by atoms with van der Waals surface area (Å²) in [5.74, 6) is 5.97. The molecule has 5 heteroatoms. The molecular weight excluding hydrogens is 208 g/mol. The first-order valence-electron chi connectivity index (χ1n) is 5.05. The van der Waals surface area contributed by atoms with Crippen molar-refractivity contribution in [1.82, 2.24) is 10.7 Å². The van der Waals surface area contributed by atoms with E-state index in [0.29, 0.717) is 12.0 Å². The molecule has 0 fully saturated rings. The molecule has 1 aromatic heterocycles. The lowest BCUT2D eigenvalue weighted by atomic mass is 10.1. The lowest BCUT2D eigenvalue weighted by Gasteiger charge is -2.18. The number of rotatable bonds is 4. The summed E-state index contributed by atoms with van der Waals surface area (Å²) in [6.45, 7) is 2.17. The molecule has 4 nitrogen and oxygen atoms in total. The number of hydrogen-bond donors (Lipinski definition) is 3. The Bertz CT molecular complexity index is 294. The van der Waals surface area contributed by atoms with E-state index in [4.69, 9.17) is 5.84 Å². The Morgan fingerprint density at radius 2 is 2.47 bits per heavy atom. The normalized spacial score (nSPS) is 13.7. The van der Waals surface area contributed by atoms with Crippen LogP contribution in [0.5, 0.6) is 0 Å². The Morgan fingerprint density at radius 1 is 1.67 bits per heavy atom. The highest BCUT2D eigenvalue weighted by Crippen LogP contribution is 2.22. The number of nitrogens with one attached hydrogen (secondary N) is 2. The molecule has 1 unspecified atom stereocenters. The van der Waals surface area contributed by atoms with Crippen LogP contribution in [0.1, 0.15) is 30.7 Å². The van der Waals surface area contributed by atoms with Gasteiger partial charge in [0.05, 0.1) is 6.04 Å². The van der Waals surface area contributed by atoms with E-state index >= 15 is 0 Å². The molecule has 0 saturated carbocycles. The summed E-state index contributed by atoms with van der Waals surface area (Å²) < 4.78 is 0. The molecule has 0 saturated heterocycles. The Hall–Kier alpha value is -1.07. The van der Waals surface area contributed by atoms with Gasteiger partial charge in [0, 0.05) is 11.9 Å². The molecule has 0 aliphatic carbocycles. The first kappa shape index (κ1) is 12.0. The summed E-state index contributed by atoms with van der Waals surface area (Å²) in [5.41, 5.74) is 2.55. The lowest BCUT2D eigenvalue weighted by molar-refractivity contribution is 0.579. The molecule has 1 aromatic rings. The first-order chi connectivity index (χ1) is 7.31. The van der Waals surface area contributed by atoms with Crippen molar-refractivity contribution >= 4 is 17.3 Å². The zero-order valence-electron chi connectivity index (χ0n) is 9.16. The molecule has 15 heavy (non-hydrogen) atoms. The van der Waals surface area contributed by atoms with E-state index in [1.807, 2.05) is 0 Å². The van der Waals surface area contributed by atoms with Crippen LogP contribution in [0.4, 0.5) is 0 Å². The average Bonchev–Trinajstić information content (AvgIpc) is 2.77. The number of thiophene rings is 1. The number of guanidine groups is 1. The lowest BCUT2D eigenvalue weighted by Crippen LogP contribution is -2.42. The number of nitrogens with two attached hydrogens (primary N) is 1. The summed E-state index contributed by atoms with van der Waals surface area (Å²) in [4.78, 5) is 5.33. The second-order valence-electron chi connectivity index (χ2n) is 3.22. The van der Waals surface area contributed by atoms with E-state index in [0.717, 1.165) is 12.8 Å². The van der Waals surface area contributed by atoms with Crippen molar-refractivity contribution in [1.29, 1.82) is 0 Å². The van der Waals surface area contributed by atoms with Crippen molar-refractivity contribution in [3.8, 4) is 0 Å².